The molecule has 0 atom stereocenters. The number of thiazole rings is 1. The molecular weight excluding hydrogens is 545 g/mol. The second-order valence-electron chi connectivity index (χ2n) is 8.03. The highest BCUT2D eigenvalue weighted by atomic mass is 35.5. The van der Waals surface area contributed by atoms with Gasteiger partial charge in [0.2, 0.25) is 5.82 Å². The number of nitrogens with zero attached hydrogens (tertiary/aromatic N) is 4. The highest BCUT2D eigenvalue weighted by Crippen LogP contribution is 2.31. The summed E-state index contributed by atoms with van der Waals surface area (Å²) in [6, 6.07) is 9.93. The Balaban J connectivity index is 1.59. The highest BCUT2D eigenvalue weighted by Gasteiger charge is 2.23. The van der Waals surface area contributed by atoms with Crippen LogP contribution in [-0.4, -0.2) is 55.5 Å². The van der Waals surface area contributed by atoms with Gasteiger partial charge in [-0.25, -0.2) is 18.4 Å². The van der Waals surface area contributed by atoms with Crippen LogP contribution in [0.5, 0.6) is 11.6 Å². The highest BCUT2D eigenvalue weighted by molar-refractivity contribution is 7.92. The summed E-state index contributed by atoms with van der Waals surface area (Å²) in [5.74, 6) is 0.460. The maximum Gasteiger partial charge on any atom is 0.263 e. The van der Waals surface area contributed by atoms with Crippen LogP contribution in [0.25, 0.3) is 10.5 Å². The summed E-state index contributed by atoms with van der Waals surface area (Å²) in [4.78, 5) is 15.4. The molecule has 0 saturated heterocycles. The minimum Gasteiger partial charge on any atom is -0.491 e. The predicted octanol–water partition coefficient (Wildman–Crippen LogP) is 5.02. The van der Waals surface area contributed by atoms with Crippen molar-refractivity contribution >= 4 is 60.9 Å². The lowest BCUT2D eigenvalue weighted by molar-refractivity contribution is 0.259. The van der Waals surface area contributed by atoms with Crippen LogP contribution in [0.3, 0.4) is 0 Å². The quantitative estimate of drug-likeness (QED) is 0.284. The van der Waals surface area contributed by atoms with Crippen molar-refractivity contribution in [1.82, 2.24) is 19.9 Å². The number of nitrogens with one attached hydrogen (secondary N) is 1. The first-order chi connectivity index (χ1) is 17.1. The Labute approximate surface area is 223 Å². The summed E-state index contributed by atoms with van der Waals surface area (Å²) >= 11 is 13.6. The van der Waals surface area contributed by atoms with E-state index in [0.29, 0.717) is 38.4 Å². The molecule has 0 fully saturated rings. The van der Waals surface area contributed by atoms with Gasteiger partial charge >= 0.3 is 0 Å². The Kier molecular flexibility index (Phi) is 8.16. The van der Waals surface area contributed by atoms with Crippen LogP contribution in [-0.2, 0) is 16.6 Å². The minimum atomic E-state index is -4.03. The third-order valence-electron chi connectivity index (χ3n) is 5.06. The van der Waals surface area contributed by atoms with Crippen molar-refractivity contribution < 1.29 is 17.9 Å². The fourth-order valence-electron chi connectivity index (χ4n) is 3.15. The van der Waals surface area contributed by atoms with E-state index in [0.717, 1.165) is 12.1 Å². The number of likely N-dealkylation sites (N-methyl/N-ethyl adjacent to an activating group) is 1. The molecule has 0 amide bonds. The molecule has 0 aliphatic carbocycles. The van der Waals surface area contributed by atoms with Gasteiger partial charge in [-0.15, -0.1) is 11.3 Å². The number of rotatable bonds is 10. The first kappa shape index (κ1) is 26.4. The number of benzene rings is 2. The van der Waals surface area contributed by atoms with Gasteiger partial charge in [-0.1, -0.05) is 35.3 Å². The van der Waals surface area contributed by atoms with Crippen LogP contribution < -0.4 is 14.2 Å². The van der Waals surface area contributed by atoms with E-state index in [4.69, 9.17) is 32.7 Å². The molecule has 4 rings (SSSR count). The Morgan fingerprint density at radius 2 is 1.89 bits per heavy atom. The number of sulfonamides is 1. The Morgan fingerprint density at radius 1 is 1.08 bits per heavy atom. The van der Waals surface area contributed by atoms with E-state index in [1.54, 1.807) is 42.8 Å². The molecule has 0 spiro atoms. The molecule has 0 unspecified atom stereocenters. The van der Waals surface area contributed by atoms with Crippen LogP contribution in [0.15, 0.2) is 46.8 Å². The molecule has 0 aliphatic heterocycles. The molecule has 9 nitrogen and oxygen atoms in total. The Morgan fingerprint density at radius 3 is 2.67 bits per heavy atom. The molecular formula is C23H23Cl2N5O4S2. The fraction of sp³-hybridized carbons (Fsp3) is 0.261. The third kappa shape index (κ3) is 6.16. The van der Waals surface area contributed by atoms with Crippen LogP contribution in [0.2, 0.25) is 10.0 Å². The maximum atomic E-state index is 13.2. The zero-order valence-electron chi connectivity index (χ0n) is 19.7. The van der Waals surface area contributed by atoms with Gasteiger partial charge in [0.15, 0.2) is 10.5 Å². The average Bonchev–Trinajstić information content (AvgIpc) is 3.27. The fourth-order valence-corrected chi connectivity index (χ4v) is 5.42. The topological polar surface area (TPSA) is 107 Å². The summed E-state index contributed by atoms with van der Waals surface area (Å²) in [6.07, 6.45) is 0. The maximum absolute atomic E-state index is 13.2. The van der Waals surface area contributed by atoms with Crippen LogP contribution in [0.1, 0.15) is 11.1 Å². The molecule has 2 aromatic carbocycles. The third-order valence-corrected chi connectivity index (χ3v) is 7.97. The number of hydrogen-bond donors (Lipinski definition) is 1. The van der Waals surface area contributed by atoms with Crippen LogP contribution in [0, 0.1) is 6.92 Å². The lowest BCUT2D eigenvalue weighted by atomic mass is 10.2. The molecule has 1 N–H and O–H groups in total. The summed E-state index contributed by atoms with van der Waals surface area (Å²) in [6.45, 7) is 2.90. The molecule has 2 heterocycles. The number of anilines is 1. The molecule has 2 aromatic heterocycles. The van der Waals surface area contributed by atoms with Crippen molar-refractivity contribution in [3.8, 4) is 11.6 Å². The van der Waals surface area contributed by atoms with Crippen molar-refractivity contribution in [2.24, 2.45) is 0 Å². The number of halogens is 2. The molecule has 0 bridgehead atoms. The van der Waals surface area contributed by atoms with E-state index in [2.05, 4.69) is 19.7 Å². The number of fused-ring (bicyclic) bond motifs is 1. The molecule has 4 aromatic rings. The Bertz CT molecular complexity index is 1500. The average molecular weight is 569 g/mol. The smallest absolute Gasteiger partial charge is 0.263 e. The first-order valence-corrected chi connectivity index (χ1v) is 13.8. The normalized spacial score (nSPS) is 11.7. The summed E-state index contributed by atoms with van der Waals surface area (Å²) in [7, 11) is -0.121. The monoisotopic (exact) mass is 567 g/mol. The van der Waals surface area contributed by atoms with E-state index < -0.39 is 10.0 Å². The molecule has 0 aliphatic rings. The molecule has 36 heavy (non-hydrogen) atoms. The molecule has 13 heteroatoms. The summed E-state index contributed by atoms with van der Waals surface area (Å²) in [5.41, 5.74) is 3.09. The van der Waals surface area contributed by atoms with E-state index in [1.807, 2.05) is 19.0 Å². The van der Waals surface area contributed by atoms with Gasteiger partial charge in [-0.05, 0) is 56.4 Å². The van der Waals surface area contributed by atoms with Crippen molar-refractivity contribution in [1.29, 1.82) is 0 Å². The van der Waals surface area contributed by atoms with Crippen molar-refractivity contribution in [2.45, 2.75) is 18.4 Å². The van der Waals surface area contributed by atoms with Crippen molar-refractivity contribution in [2.75, 3.05) is 32.0 Å². The lowest BCUT2D eigenvalue weighted by Gasteiger charge is -2.15. The standard InChI is InChI=1S/C23H23Cl2N5O4S2/c1-14-16(24)5-4-6-19(14)36(31,32)29-20-22(27-21-23(28-20)35-13-26-21)34-12-15-7-8-17(25)18(11-15)33-10-9-30(2)3/h4-8,11,13H,9-10,12H2,1-3H3,(H,28,29). The second kappa shape index (κ2) is 11.1. The SMILES string of the molecule is Cc1c(Cl)cccc1S(=O)(=O)Nc1nc2scnc2nc1OCc1ccc(Cl)c(OCCN(C)C)c1. The zero-order valence-corrected chi connectivity index (χ0v) is 22.8. The molecule has 190 valence electrons. The van der Waals surface area contributed by atoms with Gasteiger partial charge in [-0.2, -0.15) is 4.98 Å². The Hall–Kier alpha value is -2.70. The molecule has 0 saturated carbocycles. The lowest BCUT2D eigenvalue weighted by Crippen LogP contribution is -2.19. The van der Waals surface area contributed by atoms with E-state index in [9.17, 15) is 8.42 Å². The van der Waals surface area contributed by atoms with Crippen molar-refractivity contribution in [3.05, 3.63) is 63.1 Å². The number of hydrogen-bond acceptors (Lipinski definition) is 9. The van der Waals surface area contributed by atoms with Gasteiger partial charge in [0.1, 0.15) is 19.0 Å². The predicted molar refractivity (Wildman–Crippen MR) is 142 cm³/mol. The van der Waals surface area contributed by atoms with Crippen LogP contribution in [0.4, 0.5) is 5.82 Å². The summed E-state index contributed by atoms with van der Waals surface area (Å²) < 4.78 is 40.5. The van der Waals surface area contributed by atoms with Gasteiger partial charge in [0, 0.05) is 11.6 Å². The van der Waals surface area contributed by atoms with Gasteiger partial charge in [0.05, 0.1) is 15.4 Å². The van der Waals surface area contributed by atoms with E-state index >= 15 is 0 Å². The van der Waals surface area contributed by atoms with Gasteiger partial charge in [-0.3, -0.25) is 4.72 Å². The zero-order chi connectivity index (χ0) is 25.9. The molecule has 0 radical (unpaired) electrons. The largest absolute Gasteiger partial charge is 0.491 e. The van der Waals surface area contributed by atoms with Crippen LogP contribution >= 0.6 is 34.5 Å². The minimum absolute atomic E-state index is 0.0123. The second-order valence-corrected chi connectivity index (χ2v) is 11.3. The van der Waals surface area contributed by atoms with E-state index in [-0.39, 0.29) is 23.2 Å². The summed E-state index contributed by atoms with van der Waals surface area (Å²) in [5, 5.41) is 0.816. The van der Waals surface area contributed by atoms with Crippen molar-refractivity contribution in [3.63, 3.8) is 0 Å². The van der Waals surface area contributed by atoms with Gasteiger partial charge < -0.3 is 14.4 Å². The van der Waals surface area contributed by atoms with E-state index in [1.165, 1.54) is 17.4 Å². The number of aromatic nitrogens is 3. The van der Waals surface area contributed by atoms with Gasteiger partial charge in [0.25, 0.3) is 15.9 Å². The first-order valence-electron chi connectivity index (χ1n) is 10.7. The number of ether oxygens (including phenoxy) is 2.